The highest BCUT2D eigenvalue weighted by atomic mass is 16.3. The smallest absolute Gasteiger partial charge is 0.141 e. The molecule has 52 valence electrons. The fourth-order valence-electron chi connectivity index (χ4n) is 1.21. The molecule has 0 amide bonds. The van der Waals surface area contributed by atoms with Gasteiger partial charge in [0.1, 0.15) is 5.78 Å². The van der Waals surface area contributed by atoms with Gasteiger partial charge in [-0.25, -0.2) is 0 Å². The van der Waals surface area contributed by atoms with E-state index in [-0.39, 0.29) is 11.7 Å². The minimum atomic E-state index is -0.656. The molecule has 2 unspecified atom stereocenters. The number of Topliss-reactive ketones (excluding diaryl/α,β-unsaturated/α-hetero) is 1. The number of carbonyl (C=O) groups is 1. The van der Waals surface area contributed by atoms with Gasteiger partial charge in [0.05, 0.1) is 5.60 Å². The minimum absolute atomic E-state index is 0.123. The zero-order valence-corrected chi connectivity index (χ0v) is 5.85. The molecule has 0 heterocycles. The summed E-state index contributed by atoms with van der Waals surface area (Å²) in [6.07, 6.45) is 1.06. The van der Waals surface area contributed by atoms with Crippen LogP contribution in [0.25, 0.3) is 0 Å². The van der Waals surface area contributed by atoms with Crippen molar-refractivity contribution in [2.75, 3.05) is 0 Å². The van der Waals surface area contributed by atoms with Gasteiger partial charge in [0.25, 0.3) is 0 Å². The van der Waals surface area contributed by atoms with Gasteiger partial charge in [-0.15, -0.1) is 0 Å². The van der Waals surface area contributed by atoms with E-state index in [9.17, 15) is 9.90 Å². The Morgan fingerprint density at radius 2 is 2.44 bits per heavy atom. The number of aliphatic hydroxyl groups is 1. The molecule has 2 atom stereocenters. The molecule has 1 saturated carbocycles. The second-order valence-electron chi connectivity index (χ2n) is 2.82. The van der Waals surface area contributed by atoms with Crippen molar-refractivity contribution in [2.45, 2.75) is 32.3 Å². The average Bonchev–Trinajstić information content (AvgIpc) is 1.87. The van der Waals surface area contributed by atoms with Crippen LogP contribution in [0.5, 0.6) is 0 Å². The number of rotatable bonds is 1. The van der Waals surface area contributed by atoms with Crippen molar-refractivity contribution in [1.82, 2.24) is 0 Å². The molecule has 0 saturated heterocycles. The number of hydrogen-bond acceptors (Lipinski definition) is 2. The lowest BCUT2D eigenvalue weighted by Gasteiger charge is -2.41. The molecule has 1 fully saturated rings. The number of hydrogen-bond donors (Lipinski definition) is 1. The third-order valence-corrected chi connectivity index (χ3v) is 2.38. The summed E-state index contributed by atoms with van der Waals surface area (Å²) in [7, 11) is 0. The molecule has 0 radical (unpaired) electrons. The Morgan fingerprint density at radius 3 is 2.56 bits per heavy atom. The monoisotopic (exact) mass is 128 g/mol. The van der Waals surface area contributed by atoms with Crippen molar-refractivity contribution in [1.29, 1.82) is 0 Å². The summed E-state index contributed by atoms with van der Waals surface area (Å²) < 4.78 is 0. The molecule has 2 heteroatoms. The maximum absolute atomic E-state index is 10.6. The molecule has 1 aliphatic rings. The van der Waals surface area contributed by atoms with Crippen LogP contribution in [0.15, 0.2) is 0 Å². The third kappa shape index (κ3) is 0.778. The topological polar surface area (TPSA) is 37.3 Å². The van der Waals surface area contributed by atoms with E-state index in [2.05, 4.69) is 0 Å². The molecule has 0 spiro atoms. The number of ketones is 1. The van der Waals surface area contributed by atoms with Crippen LogP contribution in [0.4, 0.5) is 0 Å². The molecule has 0 aromatic rings. The Hall–Kier alpha value is -0.370. The first-order chi connectivity index (χ1) is 4.10. The zero-order valence-electron chi connectivity index (χ0n) is 5.85. The summed E-state index contributed by atoms with van der Waals surface area (Å²) >= 11 is 0. The molecule has 1 rings (SSSR count). The molecule has 0 aromatic heterocycles. The lowest BCUT2D eigenvalue weighted by atomic mass is 9.68. The second kappa shape index (κ2) is 1.81. The Labute approximate surface area is 54.9 Å². The van der Waals surface area contributed by atoms with Gasteiger partial charge in [0, 0.05) is 12.3 Å². The molecule has 1 aliphatic carbocycles. The summed E-state index contributed by atoms with van der Waals surface area (Å²) in [6.45, 7) is 3.69. The normalized spacial score (nSPS) is 42.6. The molecule has 2 nitrogen and oxygen atoms in total. The first-order valence-corrected chi connectivity index (χ1v) is 3.35. The summed E-state index contributed by atoms with van der Waals surface area (Å²) in [5, 5.41) is 9.44. The van der Waals surface area contributed by atoms with Crippen LogP contribution in [0.3, 0.4) is 0 Å². The summed E-state index contributed by atoms with van der Waals surface area (Å²) in [6, 6.07) is 0. The molecule has 0 aliphatic heterocycles. The van der Waals surface area contributed by atoms with Gasteiger partial charge < -0.3 is 5.11 Å². The number of carbonyl (C=O) groups excluding carboxylic acids is 1. The van der Waals surface area contributed by atoms with Crippen LogP contribution in [0, 0.1) is 5.92 Å². The highest BCUT2D eigenvalue weighted by Crippen LogP contribution is 2.37. The van der Waals surface area contributed by atoms with Gasteiger partial charge in [-0.05, 0) is 6.42 Å². The second-order valence-corrected chi connectivity index (χ2v) is 2.82. The predicted octanol–water partition coefficient (Wildman–Crippen LogP) is 0.736. The van der Waals surface area contributed by atoms with Crippen molar-refractivity contribution in [2.24, 2.45) is 5.92 Å². The first-order valence-electron chi connectivity index (χ1n) is 3.35. The molecular weight excluding hydrogens is 116 g/mol. The van der Waals surface area contributed by atoms with E-state index in [1.165, 1.54) is 0 Å². The molecule has 9 heavy (non-hydrogen) atoms. The molecular formula is C7H12O2. The third-order valence-electron chi connectivity index (χ3n) is 2.38. The zero-order chi connectivity index (χ0) is 7.07. The van der Waals surface area contributed by atoms with Crippen LogP contribution in [-0.4, -0.2) is 16.5 Å². The van der Waals surface area contributed by atoms with E-state index in [1.807, 2.05) is 6.92 Å². The van der Waals surface area contributed by atoms with E-state index in [0.717, 1.165) is 0 Å². The SMILES string of the molecule is CCC1(O)CC(=O)C1C. The van der Waals surface area contributed by atoms with Crippen molar-refractivity contribution in [3.63, 3.8) is 0 Å². The lowest BCUT2D eigenvalue weighted by molar-refractivity contribution is -0.155. The fraction of sp³-hybridized carbons (Fsp3) is 0.857. The highest BCUT2D eigenvalue weighted by molar-refractivity contribution is 5.89. The lowest BCUT2D eigenvalue weighted by Crippen LogP contribution is -2.52. The van der Waals surface area contributed by atoms with Crippen molar-refractivity contribution < 1.29 is 9.90 Å². The van der Waals surface area contributed by atoms with E-state index >= 15 is 0 Å². The first kappa shape index (κ1) is 6.75. The maximum atomic E-state index is 10.6. The highest BCUT2D eigenvalue weighted by Gasteiger charge is 2.47. The van der Waals surface area contributed by atoms with Crippen molar-refractivity contribution >= 4 is 5.78 Å². The predicted molar refractivity (Wildman–Crippen MR) is 34.0 cm³/mol. The maximum Gasteiger partial charge on any atom is 0.141 e. The van der Waals surface area contributed by atoms with Gasteiger partial charge in [-0.3, -0.25) is 4.79 Å². The van der Waals surface area contributed by atoms with E-state index in [4.69, 9.17) is 0 Å². The Kier molecular flexibility index (Phi) is 1.35. The van der Waals surface area contributed by atoms with E-state index in [1.54, 1.807) is 6.92 Å². The summed E-state index contributed by atoms with van der Waals surface area (Å²) in [5.74, 6) is 0.0712. The Balaban J connectivity index is 2.58. The van der Waals surface area contributed by atoms with Gasteiger partial charge in [0.2, 0.25) is 0 Å². The van der Waals surface area contributed by atoms with Gasteiger partial charge in [0.15, 0.2) is 0 Å². The van der Waals surface area contributed by atoms with Crippen LogP contribution in [-0.2, 0) is 4.79 Å². The molecule has 0 aromatic carbocycles. The van der Waals surface area contributed by atoms with Crippen LogP contribution in [0.2, 0.25) is 0 Å². The average molecular weight is 128 g/mol. The van der Waals surface area contributed by atoms with Crippen molar-refractivity contribution in [3.8, 4) is 0 Å². The van der Waals surface area contributed by atoms with Crippen LogP contribution in [0.1, 0.15) is 26.7 Å². The van der Waals surface area contributed by atoms with Gasteiger partial charge in [-0.2, -0.15) is 0 Å². The Morgan fingerprint density at radius 1 is 1.89 bits per heavy atom. The van der Waals surface area contributed by atoms with Crippen LogP contribution >= 0.6 is 0 Å². The summed E-state index contributed by atoms with van der Waals surface area (Å²) in [4.78, 5) is 10.6. The summed E-state index contributed by atoms with van der Waals surface area (Å²) in [5.41, 5.74) is -0.656. The van der Waals surface area contributed by atoms with E-state index < -0.39 is 5.60 Å². The Bertz CT molecular complexity index is 142. The standard InChI is InChI=1S/C7H12O2/c1-3-7(9)4-6(8)5(7)2/h5,9H,3-4H2,1-2H3. The van der Waals surface area contributed by atoms with E-state index in [0.29, 0.717) is 12.8 Å². The minimum Gasteiger partial charge on any atom is -0.389 e. The fourth-order valence-corrected chi connectivity index (χ4v) is 1.21. The quantitative estimate of drug-likeness (QED) is 0.565. The molecule has 0 bridgehead atoms. The largest absolute Gasteiger partial charge is 0.389 e. The van der Waals surface area contributed by atoms with Crippen molar-refractivity contribution in [3.05, 3.63) is 0 Å². The van der Waals surface area contributed by atoms with Gasteiger partial charge >= 0.3 is 0 Å². The van der Waals surface area contributed by atoms with Crippen LogP contribution < -0.4 is 0 Å². The van der Waals surface area contributed by atoms with Gasteiger partial charge in [-0.1, -0.05) is 13.8 Å². The molecule has 1 N–H and O–H groups in total.